The Balaban J connectivity index is 1.51. The monoisotopic (exact) mass is 542 g/mol. The van der Waals surface area contributed by atoms with Gasteiger partial charge >= 0.3 is 6.09 Å². The average Bonchev–Trinajstić information content (AvgIpc) is 2.89. The first-order valence-corrected chi connectivity index (χ1v) is 13.9. The fraction of sp³-hybridized carbons (Fsp3) is 0.406. The van der Waals surface area contributed by atoms with Crippen molar-refractivity contribution in [3.8, 4) is 28.3 Å². The van der Waals surface area contributed by atoms with E-state index in [0.29, 0.717) is 18.1 Å². The molecule has 3 aromatic rings. The van der Waals surface area contributed by atoms with Crippen LogP contribution in [0.4, 0.5) is 10.5 Å². The highest BCUT2D eigenvalue weighted by molar-refractivity contribution is 5.99. The standard InChI is InChI=1S/C32H38N4O4/c1-31(2,3)40-30(38)34-32(16-9-17-32)24-14-12-23(13-15-24)28-25(22-10-7-6-8-11-22)20-26-29(33-28)39-21-27(37)36(26)19-18-35(4)5/h6-8,10-15,20H,9,16-19,21H2,1-5H3,(H,34,38). The minimum Gasteiger partial charge on any atom is -0.466 e. The van der Waals surface area contributed by atoms with Crippen molar-refractivity contribution in [2.24, 2.45) is 0 Å². The molecule has 5 rings (SSSR count). The lowest BCUT2D eigenvalue weighted by Crippen LogP contribution is -2.52. The molecule has 8 heteroatoms. The first kappa shape index (κ1) is 27.6. The number of anilines is 1. The molecule has 8 nitrogen and oxygen atoms in total. The lowest BCUT2D eigenvalue weighted by molar-refractivity contribution is -0.121. The SMILES string of the molecule is CN(C)CCN1C(=O)COc2nc(-c3ccc(C4(NC(=O)OC(C)(C)C)CCC4)cc3)c(-c3ccccc3)cc21. The van der Waals surface area contributed by atoms with E-state index in [1.165, 1.54) is 0 Å². The van der Waals surface area contributed by atoms with E-state index < -0.39 is 17.2 Å². The van der Waals surface area contributed by atoms with Crippen molar-refractivity contribution in [1.82, 2.24) is 15.2 Å². The van der Waals surface area contributed by atoms with Gasteiger partial charge in [-0.15, -0.1) is 0 Å². The van der Waals surface area contributed by atoms with Crippen LogP contribution in [0.25, 0.3) is 22.4 Å². The van der Waals surface area contributed by atoms with E-state index in [1.807, 2.05) is 83.4 Å². The van der Waals surface area contributed by atoms with Crippen LogP contribution in [0.3, 0.4) is 0 Å². The van der Waals surface area contributed by atoms with Gasteiger partial charge in [0.25, 0.3) is 5.91 Å². The molecule has 0 atom stereocenters. The Labute approximate surface area is 236 Å². The van der Waals surface area contributed by atoms with Crippen molar-refractivity contribution < 1.29 is 19.1 Å². The van der Waals surface area contributed by atoms with Crippen molar-refractivity contribution in [1.29, 1.82) is 0 Å². The summed E-state index contributed by atoms with van der Waals surface area (Å²) in [6.07, 6.45) is 2.37. The number of amides is 2. The number of nitrogens with zero attached hydrogens (tertiary/aromatic N) is 3. The zero-order chi connectivity index (χ0) is 28.5. The van der Waals surface area contributed by atoms with Gasteiger partial charge in [0.2, 0.25) is 5.88 Å². The summed E-state index contributed by atoms with van der Waals surface area (Å²) >= 11 is 0. The predicted octanol–water partition coefficient (Wildman–Crippen LogP) is 5.61. The maximum Gasteiger partial charge on any atom is 0.408 e. The predicted molar refractivity (Wildman–Crippen MR) is 156 cm³/mol. The molecule has 2 aliphatic rings. The summed E-state index contributed by atoms with van der Waals surface area (Å²) in [4.78, 5) is 34.2. The summed E-state index contributed by atoms with van der Waals surface area (Å²) < 4.78 is 11.4. The molecule has 2 aromatic carbocycles. The van der Waals surface area contributed by atoms with Gasteiger partial charge in [-0.1, -0.05) is 54.6 Å². The maximum absolute atomic E-state index is 12.8. The number of ether oxygens (including phenoxy) is 2. The Morgan fingerprint density at radius 2 is 1.77 bits per heavy atom. The van der Waals surface area contributed by atoms with Gasteiger partial charge in [-0.25, -0.2) is 9.78 Å². The Hall–Kier alpha value is -3.91. The van der Waals surface area contributed by atoms with Gasteiger partial charge in [0.05, 0.1) is 11.2 Å². The molecule has 0 spiro atoms. The number of hydrogen-bond donors (Lipinski definition) is 1. The lowest BCUT2D eigenvalue weighted by atomic mass is 9.71. The molecule has 40 heavy (non-hydrogen) atoms. The lowest BCUT2D eigenvalue weighted by Gasteiger charge is -2.43. The highest BCUT2D eigenvalue weighted by atomic mass is 16.6. The Kier molecular flexibility index (Phi) is 7.55. The number of nitrogens with one attached hydrogen (secondary N) is 1. The summed E-state index contributed by atoms with van der Waals surface area (Å²) in [5.41, 5.74) is 4.38. The number of fused-ring (bicyclic) bond motifs is 1. The summed E-state index contributed by atoms with van der Waals surface area (Å²) in [6, 6.07) is 20.3. The van der Waals surface area contributed by atoms with Gasteiger partial charge in [-0.2, -0.15) is 0 Å². The minimum atomic E-state index is -0.556. The van der Waals surface area contributed by atoms with Crippen LogP contribution in [0.1, 0.15) is 45.6 Å². The van der Waals surface area contributed by atoms with Crippen molar-refractivity contribution in [2.45, 2.75) is 51.2 Å². The Morgan fingerprint density at radius 1 is 1.07 bits per heavy atom. The number of aromatic nitrogens is 1. The van der Waals surface area contributed by atoms with Crippen LogP contribution in [-0.4, -0.2) is 61.3 Å². The second kappa shape index (κ2) is 10.9. The van der Waals surface area contributed by atoms with E-state index in [0.717, 1.165) is 53.8 Å². The summed E-state index contributed by atoms with van der Waals surface area (Å²) in [5, 5.41) is 3.13. The summed E-state index contributed by atoms with van der Waals surface area (Å²) in [6.45, 7) is 6.85. The van der Waals surface area contributed by atoms with Crippen LogP contribution in [0, 0.1) is 0 Å². The quantitative estimate of drug-likeness (QED) is 0.418. The molecular formula is C32H38N4O4. The van der Waals surface area contributed by atoms with Gasteiger partial charge in [-0.3, -0.25) is 4.79 Å². The fourth-order valence-corrected chi connectivity index (χ4v) is 5.19. The largest absolute Gasteiger partial charge is 0.466 e. The zero-order valence-electron chi connectivity index (χ0n) is 24.0. The molecule has 210 valence electrons. The van der Waals surface area contributed by atoms with E-state index in [9.17, 15) is 9.59 Å². The second-order valence-corrected chi connectivity index (χ2v) is 11.9. The van der Waals surface area contributed by atoms with Crippen LogP contribution in [0.15, 0.2) is 60.7 Å². The molecule has 1 saturated carbocycles. The molecule has 0 radical (unpaired) electrons. The van der Waals surface area contributed by atoms with Crippen LogP contribution in [-0.2, 0) is 15.1 Å². The van der Waals surface area contributed by atoms with Gasteiger partial charge in [0.1, 0.15) is 11.3 Å². The first-order chi connectivity index (χ1) is 19.0. The van der Waals surface area contributed by atoms with Crippen LogP contribution >= 0.6 is 0 Å². The molecule has 1 aliphatic heterocycles. The fourth-order valence-electron chi connectivity index (χ4n) is 5.19. The Morgan fingerprint density at radius 3 is 2.38 bits per heavy atom. The molecule has 0 bridgehead atoms. The van der Waals surface area contributed by atoms with Crippen LogP contribution in [0.5, 0.6) is 5.88 Å². The minimum absolute atomic E-state index is 0.0324. The van der Waals surface area contributed by atoms with Gasteiger partial charge in [0.15, 0.2) is 6.61 Å². The van der Waals surface area contributed by atoms with Gasteiger partial charge < -0.3 is 24.6 Å². The molecule has 1 fully saturated rings. The zero-order valence-corrected chi connectivity index (χ0v) is 24.0. The number of carbonyl (C=O) groups excluding carboxylic acids is 2. The number of benzene rings is 2. The summed E-state index contributed by atoms with van der Waals surface area (Å²) in [7, 11) is 3.98. The topological polar surface area (TPSA) is 84.0 Å². The number of alkyl carbamates (subject to hydrolysis) is 1. The molecule has 2 heterocycles. The molecule has 1 aliphatic carbocycles. The van der Waals surface area contributed by atoms with Crippen molar-refractivity contribution in [2.75, 3.05) is 38.7 Å². The number of hydrogen-bond acceptors (Lipinski definition) is 6. The molecule has 0 unspecified atom stereocenters. The smallest absolute Gasteiger partial charge is 0.408 e. The van der Waals surface area contributed by atoms with Crippen molar-refractivity contribution in [3.05, 3.63) is 66.2 Å². The third-order valence-electron chi connectivity index (χ3n) is 7.41. The second-order valence-electron chi connectivity index (χ2n) is 11.9. The van der Waals surface area contributed by atoms with Crippen molar-refractivity contribution >= 4 is 17.7 Å². The molecule has 1 aromatic heterocycles. The van der Waals surface area contributed by atoms with E-state index in [-0.39, 0.29) is 12.5 Å². The maximum atomic E-state index is 12.8. The highest BCUT2D eigenvalue weighted by Crippen LogP contribution is 2.44. The van der Waals surface area contributed by atoms with E-state index in [1.54, 1.807) is 4.90 Å². The number of carbonyl (C=O) groups is 2. The normalized spacial score (nSPS) is 16.1. The van der Waals surface area contributed by atoms with E-state index in [2.05, 4.69) is 22.3 Å². The van der Waals surface area contributed by atoms with E-state index >= 15 is 0 Å². The number of pyridine rings is 1. The molecule has 1 N–H and O–H groups in total. The molecular weight excluding hydrogens is 504 g/mol. The first-order valence-electron chi connectivity index (χ1n) is 13.9. The summed E-state index contributed by atoms with van der Waals surface area (Å²) in [5.74, 6) is 0.384. The van der Waals surface area contributed by atoms with E-state index in [4.69, 9.17) is 14.5 Å². The third-order valence-corrected chi connectivity index (χ3v) is 7.41. The van der Waals surface area contributed by atoms with Crippen molar-refractivity contribution in [3.63, 3.8) is 0 Å². The number of rotatable bonds is 7. The third kappa shape index (κ3) is 5.82. The Bertz CT molecular complexity index is 1380. The highest BCUT2D eigenvalue weighted by Gasteiger charge is 2.41. The van der Waals surface area contributed by atoms with Gasteiger partial charge in [0, 0.05) is 24.2 Å². The van der Waals surface area contributed by atoms with Crippen LogP contribution in [0.2, 0.25) is 0 Å². The molecule has 2 amide bonds. The van der Waals surface area contributed by atoms with Gasteiger partial charge in [-0.05, 0) is 71.3 Å². The van der Waals surface area contributed by atoms with Crippen LogP contribution < -0.4 is 15.0 Å². The number of likely N-dealkylation sites (N-methyl/N-ethyl adjacent to an activating group) is 1. The molecule has 0 saturated heterocycles. The average molecular weight is 543 g/mol.